The van der Waals surface area contributed by atoms with Crippen LogP contribution in [0.5, 0.6) is 0 Å². The van der Waals surface area contributed by atoms with Crippen molar-refractivity contribution >= 4 is 23.7 Å². The molecule has 0 aliphatic carbocycles. The Hall–Kier alpha value is -2.29. The molecule has 0 spiro atoms. The summed E-state index contributed by atoms with van der Waals surface area (Å²) in [5, 5.41) is 2.15. The molecule has 0 fully saturated rings. The van der Waals surface area contributed by atoms with Gasteiger partial charge in [0.25, 0.3) is 0 Å². The van der Waals surface area contributed by atoms with Gasteiger partial charge in [0, 0.05) is 28.8 Å². The monoisotopic (exact) mass is 205 g/mol. The van der Waals surface area contributed by atoms with E-state index in [9.17, 15) is 0 Å². The Balaban J connectivity index is 2.21. The summed E-state index contributed by atoms with van der Waals surface area (Å²) in [6, 6.07) is 6.13. The highest BCUT2D eigenvalue weighted by atomic mass is 14.8. The molecule has 4 rings (SSSR count). The first-order chi connectivity index (χ1) is 7.93. The second-order valence-electron chi connectivity index (χ2n) is 3.84. The SMILES string of the molecule is C1=Nc2ccc3c(c2=C1)=Nc1cnccc1-3. The summed E-state index contributed by atoms with van der Waals surface area (Å²) in [5.41, 5.74) is 4.29. The number of hydrogen-bond donors (Lipinski definition) is 0. The van der Waals surface area contributed by atoms with Crippen LogP contribution in [0, 0.1) is 0 Å². The van der Waals surface area contributed by atoms with Gasteiger partial charge in [-0.25, -0.2) is 4.99 Å². The molecule has 1 aromatic carbocycles. The molecular weight excluding hydrogens is 198 g/mol. The lowest BCUT2D eigenvalue weighted by Gasteiger charge is -1.97. The van der Waals surface area contributed by atoms with Crippen molar-refractivity contribution in [1.82, 2.24) is 4.98 Å². The largest absolute Gasteiger partial charge is 0.262 e. The zero-order chi connectivity index (χ0) is 10.5. The van der Waals surface area contributed by atoms with Crippen LogP contribution in [0.1, 0.15) is 0 Å². The number of rotatable bonds is 0. The topological polar surface area (TPSA) is 37.6 Å². The van der Waals surface area contributed by atoms with Gasteiger partial charge in [0.2, 0.25) is 0 Å². The second-order valence-corrected chi connectivity index (χ2v) is 3.84. The highest BCUT2D eigenvalue weighted by Crippen LogP contribution is 2.31. The molecule has 16 heavy (non-hydrogen) atoms. The smallest absolute Gasteiger partial charge is 0.0899 e. The first-order valence-electron chi connectivity index (χ1n) is 5.14. The van der Waals surface area contributed by atoms with Gasteiger partial charge in [-0.3, -0.25) is 9.98 Å². The van der Waals surface area contributed by atoms with Gasteiger partial charge < -0.3 is 0 Å². The van der Waals surface area contributed by atoms with Crippen molar-refractivity contribution in [1.29, 1.82) is 0 Å². The van der Waals surface area contributed by atoms with E-state index in [1.54, 1.807) is 12.4 Å². The fourth-order valence-corrected chi connectivity index (χ4v) is 2.23. The number of aliphatic imine (C=N–C) groups is 1. The van der Waals surface area contributed by atoms with Crippen LogP contribution >= 0.6 is 0 Å². The Morgan fingerprint density at radius 3 is 2.94 bits per heavy atom. The van der Waals surface area contributed by atoms with Crippen molar-refractivity contribution in [2.75, 3.05) is 0 Å². The molecule has 0 bridgehead atoms. The van der Waals surface area contributed by atoms with Crippen LogP contribution in [0.2, 0.25) is 0 Å². The van der Waals surface area contributed by atoms with E-state index >= 15 is 0 Å². The minimum atomic E-state index is 0.950. The lowest BCUT2D eigenvalue weighted by molar-refractivity contribution is 1.30. The molecule has 74 valence electrons. The van der Waals surface area contributed by atoms with E-state index in [1.807, 2.05) is 24.4 Å². The Morgan fingerprint density at radius 1 is 0.938 bits per heavy atom. The fourth-order valence-electron chi connectivity index (χ4n) is 2.23. The molecular formula is C13H7N3. The quantitative estimate of drug-likeness (QED) is 0.548. The van der Waals surface area contributed by atoms with Crippen molar-refractivity contribution in [2.24, 2.45) is 9.98 Å². The van der Waals surface area contributed by atoms with E-state index in [2.05, 4.69) is 21.0 Å². The molecule has 2 aliphatic heterocycles. The number of pyridine rings is 1. The summed E-state index contributed by atoms with van der Waals surface area (Å²) in [6.07, 6.45) is 7.44. The minimum Gasteiger partial charge on any atom is -0.262 e. The van der Waals surface area contributed by atoms with E-state index in [-0.39, 0.29) is 0 Å². The van der Waals surface area contributed by atoms with Crippen molar-refractivity contribution in [3.63, 3.8) is 0 Å². The third-order valence-corrected chi connectivity index (χ3v) is 2.97. The first-order valence-corrected chi connectivity index (χ1v) is 5.14. The molecule has 3 nitrogen and oxygen atoms in total. The fraction of sp³-hybridized carbons (Fsp3) is 0. The summed E-state index contributed by atoms with van der Waals surface area (Å²) < 4.78 is 0. The van der Waals surface area contributed by atoms with E-state index in [0.717, 1.165) is 27.5 Å². The van der Waals surface area contributed by atoms with Crippen LogP contribution in [0.4, 0.5) is 11.4 Å². The van der Waals surface area contributed by atoms with Crippen molar-refractivity contribution < 1.29 is 0 Å². The Labute approximate surface area is 91.5 Å². The van der Waals surface area contributed by atoms with Gasteiger partial charge >= 0.3 is 0 Å². The Bertz CT molecular complexity index is 757. The summed E-state index contributed by atoms with van der Waals surface area (Å²) in [5.74, 6) is 0. The molecule has 0 saturated heterocycles. The molecule has 0 saturated carbocycles. The summed E-state index contributed by atoms with van der Waals surface area (Å²) >= 11 is 0. The van der Waals surface area contributed by atoms with Crippen molar-refractivity contribution in [2.45, 2.75) is 0 Å². The predicted molar refractivity (Wildman–Crippen MR) is 62.7 cm³/mol. The molecule has 0 atom stereocenters. The van der Waals surface area contributed by atoms with Crippen LogP contribution < -0.4 is 10.6 Å². The standard InChI is InChI=1S/C13H7N3/c1-2-11-10(4-6-15-11)13-9(1)8-3-5-14-7-12(8)16-13/h1-7H. The highest BCUT2D eigenvalue weighted by Gasteiger charge is 2.15. The minimum absolute atomic E-state index is 0.950. The van der Waals surface area contributed by atoms with Crippen LogP contribution in [0.3, 0.4) is 0 Å². The molecule has 2 aromatic rings. The molecule has 0 unspecified atom stereocenters. The summed E-state index contributed by atoms with van der Waals surface area (Å²) in [7, 11) is 0. The highest BCUT2D eigenvalue weighted by molar-refractivity contribution is 5.97. The lowest BCUT2D eigenvalue weighted by Crippen LogP contribution is -2.23. The molecule has 0 amide bonds. The van der Waals surface area contributed by atoms with Gasteiger partial charge in [-0.05, 0) is 24.3 Å². The van der Waals surface area contributed by atoms with Gasteiger partial charge in [-0.2, -0.15) is 0 Å². The molecule has 0 N–H and O–H groups in total. The molecule has 1 aromatic heterocycles. The molecule has 0 radical (unpaired) electrons. The summed E-state index contributed by atoms with van der Waals surface area (Å²) in [4.78, 5) is 13.0. The molecule has 3 heterocycles. The van der Waals surface area contributed by atoms with Gasteiger partial charge in [-0.1, -0.05) is 0 Å². The van der Waals surface area contributed by atoms with Gasteiger partial charge in [0.05, 0.1) is 22.9 Å². The van der Waals surface area contributed by atoms with Gasteiger partial charge in [-0.15, -0.1) is 0 Å². The maximum absolute atomic E-state index is 4.61. The third kappa shape index (κ3) is 0.852. The average Bonchev–Trinajstić information content (AvgIpc) is 2.92. The number of fused-ring (bicyclic) bond motifs is 5. The van der Waals surface area contributed by atoms with E-state index in [1.165, 1.54) is 5.56 Å². The summed E-state index contributed by atoms with van der Waals surface area (Å²) in [6.45, 7) is 0. The second kappa shape index (κ2) is 2.64. The van der Waals surface area contributed by atoms with E-state index in [4.69, 9.17) is 0 Å². The predicted octanol–water partition coefficient (Wildman–Crippen LogP) is 1.51. The number of nitrogens with zero attached hydrogens (tertiary/aromatic N) is 3. The Morgan fingerprint density at radius 2 is 1.94 bits per heavy atom. The zero-order valence-corrected chi connectivity index (χ0v) is 8.38. The third-order valence-electron chi connectivity index (χ3n) is 2.97. The Kier molecular flexibility index (Phi) is 1.31. The van der Waals surface area contributed by atoms with Crippen LogP contribution in [0.15, 0.2) is 40.6 Å². The lowest BCUT2D eigenvalue weighted by atomic mass is 10.1. The number of aromatic nitrogens is 1. The number of hydrogen-bond acceptors (Lipinski definition) is 3. The first kappa shape index (κ1) is 7.93. The maximum atomic E-state index is 4.61. The van der Waals surface area contributed by atoms with E-state index < -0.39 is 0 Å². The van der Waals surface area contributed by atoms with Gasteiger partial charge in [0.15, 0.2) is 0 Å². The van der Waals surface area contributed by atoms with E-state index in [0.29, 0.717) is 0 Å². The maximum Gasteiger partial charge on any atom is 0.0899 e. The molecule has 2 aliphatic rings. The zero-order valence-electron chi connectivity index (χ0n) is 8.38. The van der Waals surface area contributed by atoms with Crippen molar-refractivity contribution in [3.05, 3.63) is 41.2 Å². The van der Waals surface area contributed by atoms with Crippen LogP contribution in [0.25, 0.3) is 17.2 Å². The molecule has 3 heteroatoms. The average molecular weight is 205 g/mol. The van der Waals surface area contributed by atoms with Crippen molar-refractivity contribution in [3.8, 4) is 11.1 Å². The van der Waals surface area contributed by atoms with Crippen LogP contribution in [-0.2, 0) is 0 Å². The normalized spacial score (nSPS) is 13.8. The van der Waals surface area contributed by atoms with Gasteiger partial charge in [0.1, 0.15) is 0 Å². The van der Waals surface area contributed by atoms with Crippen LogP contribution in [-0.4, -0.2) is 11.2 Å². The number of benzene rings is 1.